The minimum absolute atomic E-state index is 0.0650. The van der Waals surface area contributed by atoms with Crippen LogP contribution in [0.4, 0.5) is 0 Å². The molecule has 2 N–H and O–H groups in total. The van der Waals surface area contributed by atoms with Crippen molar-refractivity contribution in [2.45, 2.75) is 38.3 Å². The van der Waals surface area contributed by atoms with Crippen molar-refractivity contribution in [2.24, 2.45) is 5.73 Å². The number of hydrogen-bond acceptors (Lipinski definition) is 3. The van der Waals surface area contributed by atoms with Crippen LogP contribution >= 0.6 is 0 Å². The first kappa shape index (κ1) is 10.6. The largest absolute Gasteiger partial charge is 0.383 e. The third kappa shape index (κ3) is 2.38. The topological polar surface area (TPSA) is 53.1 Å². The Kier molecular flexibility index (Phi) is 3.38. The van der Waals surface area contributed by atoms with E-state index in [9.17, 15) is 0 Å². The standard InChI is InChI=1S/C11H19N3O/c1-15-7-9(12)6-14-8-13-10-4-2-3-5-11(10)14/h8-9H,2-7,12H2,1H3. The van der Waals surface area contributed by atoms with E-state index < -0.39 is 0 Å². The number of ether oxygens (including phenoxy) is 1. The van der Waals surface area contributed by atoms with E-state index in [1.165, 1.54) is 24.2 Å². The summed E-state index contributed by atoms with van der Waals surface area (Å²) in [5.74, 6) is 0. The van der Waals surface area contributed by atoms with Gasteiger partial charge in [0, 0.05) is 25.4 Å². The maximum atomic E-state index is 5.93. The Labute approximate surface area is 90.4 Å². The predicted octanol–water partition coefficient (Wildman–Crippen LogP) is 0.736. The van der Waals surface area contributed by atoms with Crippen molar-refractivity contribution in [1.29, 1.82) is 0 Å². The lowest BCUT2D eigenvalue weighted by Crippen LogP contribution is -2.31. The number of rotatable bonds is 4. The molecule has 0 saturated carbocycles. The van der Waals surface area contributed by atoms with Crippen LogP contribution in [-0.2, 0) is 24.1 Å². The minimum Gasteiger partial charge on any atom is -0.383 e. The molecule has 0 radical (unpaired) electrons. The molecule has 0 aromatic carbocycles. The monoisotopic (exact) mass is 209 g/mol. The first-order valence-corrected chi connectivity index (χ1v) is 5.58. The summed E-state index contributed by atoms with van der Waals surface area (Å²) < 4.78 is 7.23. The van der Waals surface area contributed by atoms with Gasteiger partial charge in [-0.1, -0.05) is 0 Å². The highest BCUT2D eigenvalue weighted by molar-refractivity contribution is 5.16. The van der Waals surface area contributed by atoms with E-state index in [1.807, 2.05) is 6.33 Å². The van der Waals surface area contributed by atoms with E-state index in [1.54, 1.807) is 7.11 Å². The molecule has 0 spiro atoms. The van der Waals surface area contributed by atoms with Crippen LogP contribution in [0.3, 0.4) is 0 Å². The van der Waals surface area contributed by atoms with Gasteiger partial charge in [0.05, 0.1) is 18.6 Å². The quantitative estimate of drug-likeness (QED) is 0.795. The smallest absolute Gasteiger partial charge is 0.0952 e. The molecule has 4 nitrogen and oxygen atoms in total. The molecule has 15 heavy (non-hydrogen) atoms. The van der Waals surface area contributed by atoms with E-state index in [2.05, 4.69) is 9.55 Å². The highest BCUT2D eigenvalue weighted by Crippen LogP contribution is 2.19. The number of methoxy groups -OCH3 is 1. The van der Waals surface area contributed by atoms with Crippen LogP contribution in [0.2, 0.25) is 0 Å². The number of fused-ring (bicyclic) bond motifs is 1. The zero-order valence-corrected chi connectivity index (χ0v) is 9.28. The van der Waals surface area contributed by atoms with Crippen LogP contribution < -0.4 is 5.73 Å². The second-order valence-electron chi connectivity index (χ2n) is 4.21. The van der Waals surface area contributed by atoms with Gasteiger partial charge in [0.25, 0.3) is 0 Å². The number of aryl methyl sites for hydroxylation is 1. The molecule has 0 amide bonds. The zero-order valence-electron chi connectivity index (χ0n) is 9.28. The van der Waals surface area contributed by atoms with Gasteiger partial charge in [-0.25, -0.2) is 4.98 Å². The third-order valence-electron chi connectivity index (χ3n) is 2.92. The molecule has 1 atom stereocenters. The molecule has 0 fully saturated rings. The maximum absolute atomic E-state index is 5.93. The van der Waals surface area contributed by atoms with Crippen LogP contribution in [0, 0.1) is 0 Å². The summed E-state index contributed by atoms with van der Waals surface area (Å²) in [5, 5.41) is 0. The lowest BCUT2D eigenvalue weighted by Gasteiger charge is -2.16. The predicted molar refractivity (Wildman–Crippen MR) is 58.7 cm³/mol. The van der Waals surface area contributed by atoms with Crippen molar-refractivity contribution >= 4 is 0 Å². The lowest BCUT2D eigenvalue weighted by atomic mass is 10.0. The molecule has 0 saturated heterocycles. The summed E-state index contributed by atoms with van der Waals surface area (Å²) in [5.41, 5.74) is 8.59. The Morgan fingerprint density at radius 3 is 3.13 bits per heavy atom. The van der Waals surface area contributed by atoms with E-state index in [0.29, 0.717) is 6.61 Å². The van der Waals surface area contributed by atoms with Crippen molar-refractivity contribution in [3.63, 3.8) is 0 Å². The minimum atomic E-state index is 0.0650. The van der Waals surface area contributed by atoms with Crippen molar-refractivity contribution in [3.8, 4) is 0 Å². The summed E-state index contributed by atoms with van der Waals surface area (Å²) in [4.78, 5) is 4.44. The number of imidazole rings is 1. The molecule has 1 aromatic heterocycles. The summed E-state index contributed by atoms with van der Waals surface area (Å²) in [6.07, 6.45) is 6.74. The second kappa shape index (κ2) is 4.77. The Balaban J connectivity index is 2.05. The fourth-order valence-corrected chi connectivity index (χ4v) is 2.21. The first-order valence-electron chi connectivity index (χ1n) is 5.58. The average Bonchev–Trinajstić information content (AvgIpc) is 2.62. The molecule has 1 aliphatic rings. The number of aromatic nitrogens is 2. The molecule has 2 rings (SSSR count). The van der Waals surface area contributed by atoms with Gasteiger partial charge >= 0.3 is 0 Å². The van der Waals surface area contributed by atoms with E-state index >= 15 is 0 Å². The fraction of sp³-hybridized carbons (Fsp3) is 0.727. The van der Waals surface area contributed by atoms with Gasteiger partial charge in [0.1, 0.15) is 0 Å². The molecule has 1 aromatic rings. The van der Waals surface area contributed by atoms with Crippen LogP contribution in [0.5, 0.6) is 0 Å². The average molecular weight is 209 g/mol. The molecule has 1 aliphatic carbocycles. The molecular weight excluding hydrogens is 190 g/mol. The summed E-state index contributed by atoms with van der Waals surface area (Å²) in [7, 11) is 1.68. The van der Waals surface area contributed by atoms with Gasteiger partial charge in [0.2, 0.25) is 0 Å². The first-order chi connectivity index (χ1) is 7.31. The Morgan fingerprint density at radius 2 is 2.33 bits per heavy atom. The highest BCUT2D eigenvalue weighted by atomic mass is 16.5. The molecule has 1 unspecified atom stereocenters. The number of nitrogens with zero attached hydrogens (tertiary/aromatic N) is 2. The van der Waals surface area contributed by atoms with Crippen LogP contribution in [0.15, 0.2) is 6.33 Å². The van der Waals surface area contributed by atoms with Crippen LogP contribution in [-0.4, -0.2) is 29.3 Å². The lowest BCUT2D eigenvalue weighted by molar-refractivity contribution is 0.173. The van der Waals surface area contributed by atoms with Crippen molar-refractivity contribution < 1.29 is 4.74 Å². The van der Waals surface area contributed by atoms with Crippen LogP contribution in [0.1, 0.15) is 24.2 Å². The molecular formula is C11H19N3O. The van der Waals surface area contributed by atoms with Gasteiger partial charge in [-0.15, -0.1) is 0 Å². The summed E-state index contributed by atoms with van der Waals surface area (Å²) in [6, 6.07) is 0.0650. The van der Waals surface area contributed by atoms with Gasteiger partial charge in [-0.2, -0.15) is 0 Å². The Morgan fingerprint density at radius 1 is 1.53 bits per heavy atom. The fourth-order valence-electron chi connectivity index (χ4n) is 2.21. The third-order valence-corrected chi connectivity index (χ3v) is 2.92. The van der Waals surface area contributed by atoms with E-state index in [-0.39, 0.29) is 6.04 Å². The molecule has 0 aliphatic heterocycles. The van der Waals surface area contributed by atoms with Gasteiger partial charge in [0.15, 0.2) is 0 Å². The number of nitrogens with two attached hydrogens (primary N) is 1. The van der Waals surface area contributed by atoms with Crippen molar-refractivity contribution in [3.05, 3.63) is 17.7 Å². The van der Waals surface area contributed by atoms with Gasteiger partial charge < -0.3 is 15.0 Å². The van der Waals surface area contributed by atoms with E-state index in [0.717, 1.165) is 19.4 Å². The Hall–Kier alpha value is -0.870. The zero-order chi connectivity index (χ0) is 10.7. The Bertz CT molecular complexity index is 322. The normalized spacial score (nSPS) is 17.5. The molecule has 1 heterocycles. The van der Waals surface area contributed by atoms with E-state index in [4.69, 9.17) is 10.5 Å². The van der Waals surface area contributed by atoms with Gasteiger partial charge in [-0.05, 0) is 25.7 Å². The highest BCUT2D eigenvalue weighted by Gasteiger charge is 2.16. The maximum Gasteiger partial charge on any atom is 0.0952 e. The SMILES string of the molecule is COCC(N)Cn1cnc2c1CCCC2. The van der Waals surface area contributed by atoms with Crippen LogP contribution in [0.25, 0.3) is 0 Å². The second-order valence-corrected chi connectivity index (χ2v) is 4.21. The summed E-state index contributed by atoms with van der Waals surface area (Å²) in [6.45, 7) is 1.42. The van der Waals surface area contributed by atoms with Gasteiger partial charge in [-0.3, -0.25) is 0 Å². The molecule has 0 bridgehead atoms. The molecule has 84 valence electrons. The number of hydrogen-bond donors (Lipinski definition) is 1. The molecule has 4 heteroatoms. The van der Waals surface area contributed by atoms with Crippen molar-refractivity contribution in [1.82, 2.24) is 9.55 Å². The van der Waals surface area contributed by atoms with Crippen molar-refractivity contribution in [2.75, 3.05) is 13.7 Å². The summed E-state index contributed by atoms with van der Waals surface area (Å²) >= 11 is 0.